The normalized spacial score (nSPS) is 22.5. The van der Waals surface area contributed by atoms with Crippen LogP contribution in [-0.4, -0.2) is 28.0 Å². The highest BCUT2D eigenvalue weighted by Crippen LogP contribution is 2.24. The first-order valence-corrected chi connectivity index (χ1v) is 7.29. The molecule has 0 amide bonds. The Bertz CT molecular complexity index is 632. The van der Waals surface area contributed by atoms with Gasteiger partial charge in [-0.15, -0.1) is 0 Å². The fraction of sp³-hybridized carbons (Fsp3) is 0.500. The SMILES string of the molecule is CCn1c(CC(=O)C2CCOC2C)nc2ccccc21. The van der Waals surface area contributed by atoms with Gasteiger partial charge in [-0.1, -0.05) is 12.1 Å². The van der Waals surface area contributed by atoms with Crippen molar-refractivity contribution in [2.75, 3.05) is 6.61 Å². The number of carbonyl (C=O) groups excluding carboxylic acids is 1. The van der Waals surface area contributed by atoms with Crippen molar-refractivity contribution in [3.8, 4) is 0 Å². The van der Waals surface area contributed by atoms with Gasteiger partial charge in [-0.25, -0.2) is 4.98 Å². The van der Waals surface area contributed by atoms with E-state index in [1.807, 2.05) is 25.1 Å². The molecule has 2 unspecified atom stereocenters. The largest absolute Gasteiger partial charge is 0.378 e. The molecule has 2 heterocycles. The molecule has 1 aromatic heterocycles. The zero-order valence-corrected chi connectivity index (χ0v) is 12.0. The molecular formula is C16H20N2O2. The number of aryl methyl sites for hydroxylation is 1. The Morgan fingerprint density at radius 2 is 2.25 bits per heavy atom. The van der Waals surface area contributed by atoms with Gasteiger partial charge in [0.2, 0.25) is 0 Å². The summed E-state index contributed by atoms with van der Waals surface area (Å²) in [6, 6.07) is 8.04. The van der Waals surface area contributed by atoms with E-state index in [2.05, 4.69) is 22.5 Å². The first kappa shape index (κ1) is 13.3. The third-order valence-corrected chi connectivity index (χ3v) is 4.17. The predicted octanol–water partition coefficient (Wildman–Crippen LogP) is 2.59. The number of rotatable bonds is 4. The Kier molecular flexibility index (Phi) is 3.57. The fourth-order valence-electron chi connectivity index (χ4n) is 3.05. The van der Waals surface area contributed by atoms with E-state index in [1.165, 1.54) is 0 Å². The molecule has 1 fully saturated rings. The Morgan fingerprint density at radius 1 is 1.45 bits per heavy atom. The lowest BCUT2D eigenvalue weighted by molar-refractivity contribution is -0.123. The Balaban J connectivity index is 1.88. The number of hydrogen-bond acceptors (Lipinski definition) is 3. The van der Waals surface area contributed by atoms with Gasteiger partial charge in [0.05, 0.1) is 23.6 Å². The maximum absolute atomic E-state index is 12.4. The molecule has 1 aliphatic rings. The lowest BCUT2D eigenvalue weighted by Crippen LogP contribution is -2.24. The van der Waals surface area contributed by atoms with E-state index in [4.69, 9.17) is 4.74 Å². The van der Waals surface area contributed by atoms with Crippen molar-refractivity contribution < 1.29 is 9.53 Å². The molecule has 0 N–H and O–H groups in total. The first-order chi connectivity index (χ1) is 9.70. The maximum atomic E-state index is 12.4. The van der Waals surface area contributed by atoms with E-state index < -0.39 is 0 Å². The van der Waals surface area contributed by atoms with Crippen LogP contribution >= 0.6 is 0 Å². The van der Waals surface area contributed by atoms with Crippen molar-refractivity contribution in [2.24, 2.45) is 5.92 Å². The molecule has 2 aromatic rings. The van der Waals surface area contributed by atoms with E-state index in [9.17, 15) is 4.79 Å². The van der Waals surface area contributed by atoms with Crippen molar-refractivity contribution in [1.82, 2.24) is 9.55 Å². The molecule has 0 bridgehead atoms. The second-order valence-corrected chi connectivity index (χ2v) is 5.38. The molecule has 2 atom stereocenters. The molecule has 4 heteroatoms. The monoisotopic (exact) mass is 272 g/mol. The minimum atomic E-state index is 0.0279. The number of Topliss-reactive ketones (excluding diaryl/α,β-unsaturated/α-hetero) is 1. The molecule has 106 valence electrons. The van der Waals surface area contributed by atoms with E-state index in [-0.39, 0.29) is 17.8 Å². The number of carbonyl (C=O) groups is 1. The zero-order chi connectivity index (χ0) is 14.1. The van der Waals surface area contributed by atoms with Crippen molar-refractivity contribution >= 4 is 16.8 Å². The number of hydrogen-bond donors (Lipinski definition) is 0. The highest BCUT2D eigenvalue weighted by Gasteiger charge is 2.31. The predicted molar refractivity (Wildman–Crippen MR) is 77.6 cm³/mol. The molecule has 20 heavy (non-hydrogen) atoms. The quantitative estimate of drug-likeness (QED) is 0.859. The van der Waals surface area contributed by atoms with Gasteiger partial charge in [0.1, 0.15) is 11.6 Å². The molecule has 4 nitrogen and oxygen atoms in total. The first-order valence-electron chi connectivity index (χ1n) is 7.29. The number of ether oxygens (including phenoxy) is 1. The van der Waals surface area contributed by atoms with Crippen LogP contribution in [0.25, 0.3) is 11.0 Å². The van der Waals surface area contributed by atoms with Gasteiger partial charge >= 0.3 is 0 Å². The molecule has 0 saturated carbocycles. The topological polar surface area (TPSA) is 44.1 Å². The van der Waals surface area contributed by atoms with Crippen LogP contribution in [-0.2, 0) is 22.5 Å². The van der Waals surface area contributed by atoms with Crippen LogP contribution in [0.5, 0.6) is 0 Å². The standard InChI is InChI=1S/C16H20N2O2/c1-3-18-14-7-5-4-6-13(14)17-16(18)10-15(19)12-8-9-20-11(12)2/h4-7,11-12H,3,8-10H2,1-2H3. The number of fused-ring (bicyclic) bond motifs is 1. The average Bonchev–Trinajstić information content (AvgIpc) is 3.01. The summed E-state index contributed by atoms with van der Waals surface area (Å²) in [5, 5.41) is 0. The lowest BCUT2D eigenvalue weighted by atomic mass is 9.95. The third kappa shape index (κ3) is 2.24. The average molecular weight is 272 g/mol. The van der Waals surface area contributed by atoms with Gasteiger partial charge in [-0.2, -0.15) is 0 Å². The van der Waals surface area contributed by atoms with E-state index >= 15 is 0 Å². The molecule has 0 spiro atoms. The summed E-state index contributed by atoms with van der Waals surface area (Å²) < 4.78 is 7.62. The summed E-state index contributed by atoms with van der Waals surface area (Å²) >= 11 is 0. The van der Waals surface area contributed by atoms with Crippen LogP contribution in [0, 0.1) is 5.92 Å². The summed E-state index contributed by atoms with van der Waals surface area (Å²) in [5.41, 5.74) is 2.07. The zero-order valence-electron chi connectivity index (χ0n) is 12.0. The van der Waals surface area contributed by atoms with Gasteiger partial charge in [-0.3, -0.25) is 4.79 Å². The van der Waals surface area contributed by atoms with Crippen molar-refractivity contribution in [2.45, 2.75) is 39.3 Å². The maximum Gasteiger partial charge on any atom is 0.146 e. The lowest BCUT2D eigenvalue weighted by Gasteiger charge is -2.13. The van der Waals surface area contributed by atoms with E-state index in [0.29, 0.717) is 13.0 Å². The molecule has 3 rings (SSSR count). The molecule has 1 aromatic carbocycles. The second-order valence-electron chi connectivity index (χ2n) is 5.38. The van der Waals surface area contributed by atoms with Crippen molar-refractivity contribution in [3.05, 3.63) is 30.1 Å². The Labute approximate surface area is 118 Å². The fourth-order valence-corrected chi connectivity index (χ4v) is 3.05. The molecular weight excluding hydrogens is 252 g/mol. The number of aromatic nitrogens is 2. The van der Waals surface area contributed by atoms with Crippen LogP contribution in [0.2, 0.25) is 0 Å². The van der Waals surface area contributed by atoms with Crippen LogP contribution in [0.1, 0.15) is 26.1 Å². The van der Waals surface area contributed by atoms with Crippen LogP contribution in [0.15, 0.2) is 24.3 Å². The van der Waals surface area contributed by atoms with E-state index in [0.717, 1.165) is 29.8 Å². The summed E-state index contributed by atoms with van der Waals surface area (Å²) in [6.45, 7) is 5.60. The van der Waals surface area contributed by atoms with Crippen LogP contribution in [0.4, 0.5) is 0 Å². The molecule has 1 saturated heterocycles. The van der Waals surface area contributed by atoms with Crippen molar-refractivity contribution in [3.63, 3.8) is 0 Å². The number of imidazole rings is 1. The summed E-state index contributed by atoms with van der Waals surface area (Å²) in [5.74, 6) is 1.15. The summed E-state index contributed by atoms with van der Waals surface area (Å²) in [6.07, 6.45) is 1.29. The van der Waals surface area contributed by atoms with Gasteiger partial charge in [0.15, 0.2) is 0 Å². The molecule has 0 aliphatic carbocycles. The van der Waals surface area contributed by atoms with Crippen molar-refractivity contribution in [1.29, 1.82) is 0 Å². The minimum Gasteiger partial charge on any atom is -0.378 e. The second kappa shape index (κ2) is 5.37. The third-order valence-electron chi connectivity index (χ3n) is 4.17. The highest BCUT2D eigenvalue weighted by atomic mass is 16.5. The Hall–Kier alpha value is -1.68. The number of nitrogens with zero attached hydrogens (tertiary/aromatic N) is 2. The van der Waals surface area contributed by atoms with Gasteiger partial charge in [-0.05, 0) is 32.4 Å². The number of benzene rings is 1. The summed E-state index contributed by atoms with van der Waals surface area (Å²) in [7, 11) is 0. The van der Waals surface area contributed by atoms with Crippen LogP contribution < -0.4 is 0 Å². The van der Waals surface area contributed by atoms with Gasteiger partial charge in [0.25, 0.3) is 0 Å². The van der Waals surface area contributed by atoms with E-state index in [1.54, 1.807) is 0 Å². The van der Waals surface area contributed by atoms with Crippen LogP contribution in [0.3, 0.4) is 0 Å². The minimum absolute atomic E-state index is 0.0279. The smallest absolute Gasteiger partial charge is 0.146 e. The molecule has 0 radical (unpaired) electrons. The van der Waals surface area contributed by atoms with Gasteiger partial charge < -0.3 is 9.30 Å². The highest BCUT2D eigenvalue weighted by molar-refractivity contribution is 5.85. The number of para-hydroxylation sites is 2. The van der Waals surface area contributed by atoms with Gasteiger partial charge in [0, 0.05) is 19.1 Å². The molecule has 1 aliphatic heterocycles. The Morgan fingerprint density at radius 3 is 2.95 bits per heavy atom. The number of ketones is 1. The summed E-state index contributed by atoms with van der Waals surface area (Å²) in [4.78, 5) is 17.1.